The fourth-order valence-corrected chi connectivity index (χ4v) is 3.82. The Kier molecular flexibility index (Phi) is 5.32. The third kappa shape index (κ3) is 3.87. The third-order valence-electron chi connectivity index (χ3n) is 5.16. The SMILES string of the molecule is O=C(c1ccccc1)[C@H](C(=O)N1CCc2ccccc2C1)n1cc(Cl)ccc1=O. The lowest BCUT2D eigenvalue weighted by molar-refractivity contribution is -0.134. The van der Waals surface area contributed by atoms with Crippen LogP contribution < -0.4 is 5.56 Å². The van der Waals surface area contributed by atoms with E-state index in [-0.39, 0.29) is 5.02 Å². The molecular weight excluding hydrogens is 388 g/mol. The van der Waals surface area contributed by atoms with Crippen molar-refractivity contribution in [1.82, 2.24) is 9.47 Å². The predicted molar refractivity (Wildman–Crippen MR) is 111 cm³/mol. The summed E-state index contributed by atoms with van der Waals surface area (Å²) in [6, 6.07) is 17.9. The number of aromatic nitrogens is 1. The summed E-state index contributed by atoms with van der Waals surface area (Å²) in [5, 5.41) is 0.284. The van der Waals surface area contributed by atoms with Gasteiger partial charge in [-0.05, 0) is 23.6 Å². The van der Waals surface area contributed by atoms with E-state index >= 15 is 0 Å². The topological polar surface area (TPSA) is 59.4 Å². The maximum atomic E-state index is 13.5. The first-order chi connectivity index (χ1) is 14.0. The number of hydrogen-bond acceptors (Lipinski definition) is 3. The van der Waals surface area contributed by atoms with Crippen LogP contribution in [0, 0.1) is 0 Å². The molecule has 0 bridgehead atoms. The lowest BCUT2D eigenvalue weighted by Crippen LogP contribution is -2.45. The maximum absolute atomic E-state index is 13.5. The highest BCUT2D eigenvalue weighted by molar-refractivity contribution is 6.30. The molecular formula is C23H19ClN2O3. The highest BCUT2D eigenvalue weighted by Gasteiger charge is 2.35. The van der Waals surface area contributed by atoms with Crippen LogP contribution in [0.25, 0.3) is 0 Å². The molecule has 2 aromatic carbocycles. The zero-order valence-corrected chi connectivity index (χ0v) is 16.4. The minimum atomic E-state index is -1.30. The summed E-state index contributed by atoms with van der Waals surface area (Å²) in [7, 11) is 0. The number of carbonyl (C=O) groups is 2. The van der Waals surface area contributed by atoms with Crippen LogP contribution in [-0.2, 0) is 17.8 Å². The van der Waals surface area contributed by atoms with E-state index in [1.165, 1.54) is 23.9 Å². The molecule has 146 valence electrons. The van der Waals surface area contributed by atoms with Crippen LogP contribution in [0.1, 0.15) is 27.5 Å². The summed E-state index contributed by atoms with van der Waals surface area (Å²) in [6.07, 6.45) is 2.06. The molecule has 6 heteroatoms. The van der Waals surface area contributed by atoms with E-state index in [9.17, 15) is 14.4 Å². The van der Waals surface area contributed by atoms with Crippen molar-refractivity contribution in [1.29, 1.82) is 0 Å². The molecule has 3 aromatic rings. The van der Waals surface area contributed by atoms with Gasteiger partial charge in [-0.1, -0.05) is 66.2 Å². The van der Waals surface area contributed by atoms with Crippen molar-refractivity contribution in [3.05, 3.63) is 105 Å². The lowest BCUT2D eigenvalue weighted by Gasteiger charge is -2.32. The van der Waals surface area contributed by atoms with Gasteiger partial charge in [-0.2, -0.15) is 0 Å². The quantitative estimate of drug-likeness (QED) is 0.492. The average molecular weight is 407 g/mol. The highest BCUT2D eigenvalue weighted by Crippen LogP contribution is 2.24. The van der Waals surface area contributed by atoms with Gasteiger partial charge >= 0.3 is 0 Å². The van der Waals surface area contributed by atoms with Crippen LogP contribution in [-0.4, -0.2) is 27.7 Å². The van der Waals surface area contributed by atoms with E-state index in [1.54, 1.807) is 35.2 Å². The number of hydrogen-bond donors (Lipinski definition) is 0. The molecule has 0 unspecified atom stereocenters. The molecule has 1 aromatic heterocycles. The van der Waals surface area contributed by atoms with Crippen LogP contribution in [0.15, 0.2) is 77.7 Å². The number of amides is 1. The molecule has 29 heavy (non-hydrogen) atoms. The summed E-state index contributed by atoms with van der Waals surface area (Å²) in [6.45, 7) is 0.895. The molecule has 2 heterocycles. The Morgan fingerprint density at radius 2 is 1.59 bits per heavy atom. The van der Waals surface area contributed by atoms with Crippen molar-refractivity contribution in [2.45, 2.75) is 19.0 Å². The minimum absolute atomic E-state index is 0.284. The molecule has 1 atom stereocenters. The van der Waals surface area contributed by atoms with Gasteiger partial charge in [0.2, 0.25) is 0 Å². The number of halogens is 1. The maximum Gasteiger partial charge on any atom is 0.254 e. The number of Topliss-reactive ketones (excluding diaryl/α,β-unsaturated/α-hetero) is 1. The first-order valence-corrected chi connectivity index (χ1v) is 9.75. The summed E-state index contributed by atoms with van der Waals surface area (Å²) in [5.41, 5.74) is 2.17. The monoisotopic (exact) mass is 406 g/mol. The Bertz CT molecular complexity index is 1120. The fraction of sp³-hybridized carbons (Fsp3) is 0.174. The normalized spacial score (nSPS) is 14.2. The number of benzene rings is 2. The second-order valence-electron chi connectivity index (χ2n) is 7.00. The zero-order valence-electron chi connectivity index (χ0n) is 15.6. The third-order valence-corrected chi connectivity index (χ3v) is 5.39. The molecule has 0 spiro atoms. The summed E-state index contributed by atoms with van der Waals surface area (Å²) < 4.78 is 1.14. The first kappa shape index (κ1) is 19.2. The molecule has 0 saturated heterocycles. The Balaban J connectivity index is 1.74. The largest absolute Gasteiger partial charge is 0.336 e. The van der Waals surface area contributed by atoms with Crippen molar-refractivity contribution in [2.24, 2.45) is 0 Å². The van der Waals surface area contributed by atoms with E-state index < -0.39 is 23.3 Å². The zero-order chi connectivity index (χ0) is 20.4. The van der Waals surface area contributed by atoms with E-state index in [2.05, 4.69) is 0 Å². The number of pyridine rings is 1. The average Bonchev–Trinajstić information content (AvgIpc) is 2.76. The Labute approximate surface area is 173 Å². The molecule has 0 radical (unpaired) electrons. The van der Waals surface area contributed by atoms with Gasteiger partial charge in [0.25, 0.3) is 11.5 Å². The molecule has 1 aliphatic heterocycles. The van der Waals surface area contributed by atoms with E-state index in [0.717, 1.165) is 10.1 Å². The molecule has 1 aliphatic rings. The van der Waals surface area contributed by atoms with E-state index in [0.29, 0.717) is 25.1 Å². The van der Waals surface area contributed by atoms with Gasteiger partial charge in [0.05, 0.1) is 5.02 Å². The van der Waals surface area contributed by atoms with Crippen molar-refractivity contribution in [2.75, 3.05) is 6.54 Å². The van der Waals surface area contributed by atoms with Gasteiger partial charge in [0.15, 0.2) is 11.8 Å². The molecule has 0 fully saturated rings. The molecule has 5 nitrogen and oxygen atoms in total. The Morgan fingerprint density at radius 1 is 0.897 bits per heavy atom. The fourth-order valence-electron chi connectivity index (χ4n) is 3.65. The second-order valence-corrected chi connectivity index (χ2v) is 7.44. The van der Waals surface area contributed by atoms with Crippen LogP contribution in [0.5, 0.6) is 0 Å². The number of rotatable bonds is 4. The summed E-state index contributed by atoms with van der Waals surface area (Å²) in [4.78, 5) is 40.9. The van der Waals surface area contributed by atoms with Gasteiger partial charge < -0.3 is 4.90 Å². The summed E-state index contributed by atoms with van der Waals surface area (Å²) >= 11 is 6.07. The van der Waals surface area contributed by atoms with Gasteiger partial charge in [-0.3, -0.25) is 19.0 Å². The molecule has 1 amide bonds. The second kappa shape index (κ2) is 8.05. The molecule has 0 aliphatic carbocycles. The van der Waals surface area contributed by atoms with Crippen molar-refractivity contribution in [3.8, 4) is 0 Å². The summed E-state index contributed by atoms with van der Waals surface area (Å²) in [5.74, 6) is -0.837. The Morgan fingerprint density at radius 3 is 2.34 bits per heavy atom. The lowest BCUT2D eigenvalue weighted by atomic mass is 9.97. The van der Waals surface area contributed by atoms with Crippen molar-refractivity contribution in [3.63, 3.8) is 0 Å². The smallest absolute Gasteiger partial charge is 0.254 e. The predicted octanol–water partition coefficient (Wildman–Crippen LogP) is 3.51. The molecule has 4 rings (SSSR count). The molecule has 0 N–H and O–H groups in total. The van der Waals surface area contributed by atoms with Crippen molar-refractivity contribution < 1.29 is 9.59 Å². The van der Waals surface area contributed by atoms with Crippen molar-refractivity contribution >= 4 is 23.3 Å². The van der Waals surface area contributed by atoms with E-state index in [1.807, 2.05) is 24.3 Å². The van der Waals surface area contributed by atoms with E-state index in [4.69, 9.17) is 11.6 Å². The Hall–Kier alpha value is -3.18. The van der Waals surface area contributed by atoms with Gasteiger partial charge in [-0.25, -0.2) is 0 Å². The first-order valence-electron chi connectivity index (χ1n) is 9.37. The van der Waals surface area contributed by atoms with Gasteiger partial charge in [0.1, 0.15) is 0 Å². The van der Waals surface area contributed by atoms with Gasteiger partial charge in [0, 0.05) is 30.9 Å². The van der Waals surface area contributed by atoms with Gasteiger partial charge in [-0.15, -0.1) is 0 Å². The van der Waals surface area contributed by atoms with Crippen LogP contribution in [0.4, 0.5) is 0 Å². The minimum Gasteiger partial charge on any atom is -0.336 e. The van der Waals surface area contributed by atoms with Crippen LogP contribution in [0.2, 0.25) is 5.02 Å². The van der Waals surface area contributed by atoms with Crippen LogP contribution in [0.3, 0.4) is 0 Å². The number of nitrogens with zero attached hydrogens (tertiary/aromatic N) is 2. The standard InChI is InChI=1S/C23H19ClN2O3/c24-19-10-11-20(27)26(15-19)21(22(28)17-7-2-1-3-8-17)23(29)25-13-12-16-6-4-5-9-18(16)14-25/h1-11,15,21H,12-14H2/t21-/m1/s1. The number of ketones is 1. The molecule has 0 saturated carbocycles. The number of carbonyl (C=O) groups excluding carboxylic acids is 2. The highest BCUT2D eigenvalue weighted by atomic mass is 35.5. The number of fused-ring (bicyclic) bond motifs is 1. The van der Waals surface area contributed by atoms with Crippen LogP contribution >= 0.6 is 11.6 Å².